The van der Waals surface area contributed by atoms with E-state index in [0.717, 1.165) is 19.5 Å². The lowest BCUT2D eigenvalue weighted by atomic mass is 9.83. The summed E-state index contributed by atoms with van der Waals surface area (Å²) in [5.74, 6) is 0.716. The molecule has 0 fully saturated rings. The molecule has 0 aliphatic heterocycles. The molecule has 1 heterocycles. The van der Waals surface area contributed by atoms with Crippen molar-refractivity contribution in [1.82, 2.24) is 15.1 Å². The maximum Gasteiger partial charge on any atom is 0.0708 e. The average Bonchev–Trinajstić information content (AvgIpc) is 2.71. The van der Waals surface area contributed by atoms with Crippen LogP contribution in [0.5, 0.6) is 0 Å². The van der Waals surface area contributed by atoms with Crippen LogP contribution in [0.2, 0.25) is 0 Å². The van der Waals surface area contributed by atoms with E-state index in [2.05, 4.69) is 57.3 Å². The number of nitrogens with one attached hydrogen (secondary N) is 1. The summed E-state index contributed by atoms with van der Waals surface area (Å²) in [4.78, 5) is 0. The molecular formula is C18H29N3. The molecule has 0 spiro atoms. The summed E-state index contributed by atoms with van der Waals surface area (Å²) in [7, 11) is 2.03. The Hall–Kier alpha value is -1.35. The largest absolute Gasteiger partial charge is 0.316 e. The SMILES string of the molecule is CC(C)CNCCC(C)(C)Cc1nn(C)c2ccccc12. The van der Waals surface area contributed by atoms with Gasteiger partial charge in [0.05, 0.1) is 11.2 Å². The molecule has 3 heteroatoms. The zero-order valence-electron chi connectivity index (χ0n) is 14.1. The van der Waals surface area contributed by atoms with E-state index >= 15 is 0 Å². The molecule has 1 aromatic carbocycles. The molecule has 0 saturated carbocycles. The van der Waals surface area contributed by atoms with Crippen molar-refractivity contribution in [3.8, 4) is 0 Å². The van der Waals surface area contributed by atoms with Gasteiger partial charge in [0.1, 0.15) is 0 Å². The Balaban J connectivity index is 2.01. The van der Waals surface area contributed by atoms with Gasteiger partial charge < -0.3 is 5.32 Å². The summed E-state index contributed by atoms with van der Waals surface area (Å²) in [6, 6.07) is 8.51. The maximum absolute atomic E-state index is 4.73. The number of rotatable bonds is 7. The lowest BCUT2D eigenvalue weighted by Crippen LogP contribution is -2.26. The molecule has 1 N–H and O–H groups in total. The van der Waals surface area contributed by atoms with E-state index in [1.54, 1.807) is 0 Å². The van der Waals surface area contributed by atoms with Crippen LogP contribution in [0.4, 0.5) is 0 Å². The summed E-state index contributed by atoms with van der Waals surface area (Å²) < 4.78 is 2.00. The first kappa shape index (κ1) is 16.0. The van der Waals surface area contributed by atoms with Gasteiger partial charge in [-0.05, 0) is 43.3 Å². The molecule has 0 bridgehead atoms. The molecule has 2 rings (SSSR count). The third kappa shape index (κ3) is 4.31. The molecule has 21 heavy (non-hydrogen) atoms. The van der Waals surface area contributed by atoms with Gasteiger partial charge in [-0.3, -0.25) is 4.68 Å². The van der Waals surface area contributed by atoms with Crippen LogP contribution in [0.1, 0.15) is 39.8 Å². The van der Waals surface area contributed by atoms with Gasteiger partial charge >= 0.3 is 0 Å². The fourth-order valence-corrected chi connectivity index (χ4v) is 2.78. The standard InChI is InChI=1S/C18H29N3/c1-14(2)13-19-11-10-18(3,4)12-16-15-8-6-7-9-17(15)21(5)20-16/h6-9,14,19H,10-13H2,1-5H3. The molecule has 116 valence electrons. The number of benzene rings is 1. The van der Waals surface area contributed by atoms with Crippen LogP contribution in [-0.4, -0.2) is 22.9 Å². The van der Waals surface area contributed by atoms with E-state index < -0.39 is 0 Å². The van der Waals surface area contributed by atoms with Gasteiger partial charge in [0.2, 0.25) is 0 Å². The number of para-hydroxylation sites is 1. The van der Waals surface area contributed by atoms with Crippen LogP contribution >= 0.6 is 0 Å². The van der Waals surface area contributed by atoms with E-state index in [9.17, 15) is 0 Å². The van der Waals surface area contributed by atoms with Crippen LogP contribution in [-0.2, 0) is 13.5 Å². The summed E-state index contributed by atoms with van der Waals surface area (Å²) in [5.41, 5.74) is 2.71. The van der Waals surface area contributed by atoms with Crippen molar-refractivity contribution in [3.05, 3.63) is 30.0 Å². The van der Waals surface area contributed by atoms with Gasteiger partial charge in [0.25, 0.3) is 0 Å². The van der Waals surface area contributed by atoms with Crippen LogP contribution in [0.25, 0.3) is 10.9 Å². The molecule has 0 aliphatic rings. The first-order valence-electron chi connectivity index (χ1n) is 8.00. The smallest absolute Gasteiger partial charge is 0.0708 e. The molecule has 1 aromatic heterocycles. The zero-order chi connectivity index (χ0) is 15.5. The van der Waals surface area contributed by atoms with Crippen molar-refractivity contribution in [2.75, 3.05) is 13.1 Å². The van der Waals surface area contributed by atoms with E-state index in [1.807, 2.05) is 11.7 Å². The predicted molar refractivity (Wildman–Crippen MR) is 90.5 cm³/mol. The third-order valence-electron chi connectivity index (χ3n) is 4.01. The van der Waals surface area contributed by atoms with Crippen molar-refractivity contribution >= 4 is 10.9 Å². The lowest BCUT2D eigenvalue weighted by Gasteiger charge is -2.24. The number of aryl methyl sites for hydroxylation is 1. The van der Waals surface area contributed by atoms with Crippen LogP contribution in [0, 0.1) is 11.3 Å². The minimum atomic E-state index is 0.265. The minimum absolute atomic E-state index is 0.265. The van der Waals surface area contributed by atoms with Gasteiger partial charge in [0, 0.05) is 12.4 Å². The van der Waals surface area contributed by atoms with Gasteiger partial charge in [-0.25, -0.2) is 0 Å². The van der Waals surface area contributed by atoms with Gasteiger partial charge in [-0.1, -0.05) is 45.9 Å². The van der Waals surface area contributed by atoms with E-state index in [1.165, 1.54) is 23.0 Å². The minimum Gasteiger partial charge on any atom is -0.316 e. The van der Waals surface area contributed by atoms with Gasteiger partial charge in [0.15, 0.2) is 0 Å². The zero-order valence-corrected chi connectivity index (χ0v) is 14.1. The summed E-state index contributed by atoms with van der Waals surface area (Å²) >= 11 is 0. The highest BCUT2D eigenvalue weighted by Gasteiger charge is 2.21. The fourth-order valence-electron chi connectivity index (χ4n) is 2.78. The number of hydrogen-bond acceptors (Lipinski definition) is 2. The van der Waals surface area contributed by atoms with Crippen molar-refractivity contribution in [1.29, 1.82) is 0 Å². The Morgan fingerprint density at radius 3 is 2.67 bits per heavy atom. The van der Waals surface area contributed by atoms with E-state index in [-0.39, 0.29) is 5.41 Å². The molecule has 2 aromatic rings. The van der Waals surface area contributed by atoms with Crippen LogP contribution in [0.3, 0.4) is 0 Å². The number of aromatic nitrogens is 2. The second kappa shape index (κ2) is 6.61. The van der Waals surface area contributed by atoms with Crippen LogP contribution < -0.4 is 5.32 Å². The summed E-state index contributed by atoms with van der Waals surface area (Å²) in [5, 5.41) is 9.57. The highest BCUT2D eigenvalue weighted by atomic mass is 15.3. The van der Waals surface area contributed by atoms with Crippen molar-refractivity contribution in [2.24, 2.45) is 18.4 Å². The van der Waals surface area contributed by atoms with Crippen molar-refractivity contribution in [2.45, 2.75) is 40.5 Å². The first-order chi connectivity index (χ1) is 9.89. The number of nitrogens with zero attached hydrogens (tertiary/aromatic N) is 2. The van der Waals surface area contributed by atoms with Crippen molar-refractivity contribution in [3.63, 3.8) is 0 Å². The quantitative estimate of drug-likeness (QED) is 0.785. The van der Waals surface area contributed by atoms with Crippen molar-refractivity contribution < 1.29 is 0 Å². The Morgan fingerprint density at radius 2 is 1.95 bits per heavy atom. The monoisotopic (exact) mass is 287 g/mol. The molecule has 3 nitrogen and oxygen atoms in total. The van der Waals surface area contributed by atoms with E-state index in [0.29, 0.717) is 5.92 Å². The summed E-state index contributed by atoms with van der Waals surface area (Å²) in [6.07, 6.45) is 2.20. The molecule has 0 unspecified atom stereocenters. The fraction of sp³-hybridized carbons (Fsp3) is 0.611. The lowest BCUT2D eigenvalue weighted by molar-refractivity contribution is 0.319. The molecular weight excluding hydrogens is 258 g/mol. The third-order valence-corrected chi connectivity index (χ3v) is 4.01. The topological polar surface area (TPSA) is 29.9 Å². The predicted octanol–water partition coefficient (Wildman–Crippen LogP) is 3.78. The Kier molecular flexibility index (Phi) is 5.04. The highest BCUT2D eigenvalue weighted by molar-refractivity contribution is 5.81. The Labute approximate surface area is 128 Å². The average molecular weight is 287 g/mol. The number of hydrogen-bond donors (Lipinski definition) is 1. The molecule has 0 saturated heterocycles. The Morgan fingerprint density at radius 1 is 1.24 bits per heavy atom. The Bertz CT molecular complexity index is 581. The summed E-state index contributed by atoms with van der Waals surface area (Å²) in [6.45, 7) is 11.4. The van der Waals surface area contributed by atoms with Gasteiger partial charge in [-0.15, -0.1) is 0 Å². The number of fused-ring (bicyclic) bond motifs is 1. The highest BCUT2D eigenvalue weighted by Crippen LogP contribution is 2.28. The molecule has 0 atom stereocenters. The molecule has 0 radical (unpaired) electrons. The molecule has 0 aliphatic carbocycles. The maximum atomic E-state index is 4.73. The second-order valence-electron chi connectivity index (χ2n) is 7.28. The normalized spacial score (nSPS) is 12.5. The second-order valence-corrected chi connectivity index (χ2v) is 7.28. The van der Waals surface area contributed by atoms with Crippen LogP contribution in [0.15, 0.2) is 24.3 Å². The van der Waals surface area contributed by atoms with E-state index in [4.69, 9.17) is 5.10 Å². The molecule has 0 amide bonds. The first-order valence-corrected chi connectivity index (χ1v) is 8.00. The van der Waals surface area contributed by atoms with Gasteiger partial charge in [-0.2, -0.15) is 5.10 Å².